The molecule has 0 aliphatic rings. The summed E-state index contributed by atoms with van der Waals surface area (Å²) in [5.74, 6) is -0.945. The van der Waals surface area contributed by atoms with Gasteiger partial charge in [-0.15, -0.1) is 0 Å². The van der Waals surface area contributed by atoms with Gasteiger partial charge in [0.2, 0.25) is 0 Å². The Bertz CT molecular complexity index is 1290. The zero-order valence-electron chi connectivity index (χ0n) is 43.2. The number of carbonyl (C=O) groups excluding carboxylic acids is 3. The zero-order valence-corrected chi connectivity index (χ0v) is 43.2. The van der Waals surface area contributed by atoms with Gasteiger partial charge in [0.25, 0.3) is 0 Å². The quantitative estimate of drug-likeness (QED) is 0.0262. The van der Waals surface area contributed by atoms with Crippen molar-refractivity contribution in [3.05, 3.63) is 85.1 Å². The molecule has 1 atom stereocenters. The second-order valence-electron chi connectivity index (χ2n) is 18.1. The molecule has 0 rings (SSSR count). The molecule has 0 spiro atoms. The highest BCUT2D eigenvalue weighted by atomic mass is 16.6. The number of allylic oxidation sites excluding steroid dienone is 14. The van der Waals surface area contributed by atoms with Crippen LogP contribution in [0.15, 0.2) is 85.1 Å². The molecule has 0 N–H and O–H groups in total. The summed E-state index contributed by atoms with van der Waals surface area (Å²) in [6.07, 6.45) is 70.0. The summed E-state index contributed by atoms with van der Waals surface area (Å²) in [5, 5.41) is 0. The van der Waals surface area contributed by atoms with Crippen LogP contribution in [0, 0.1) is 0 Å². The Kier molecular flexibility index (Phi) is 51.4. The van der Waals surface area contributed by atoms with Crippen molar-refractivity contribution in [1.29, 1.82) is 0 Å². The summed E-state index contributed by atoms with van der Waals surface area (Å²) < 4.78 is 16.8. The van der Waals surface area contributed by atoms with Crippen LogP contribution in [0.4, 0.5) is 0 Å². The van der Waals surface area contributed by atoms with Crippen LogP contribution in [0.1, 0.15) is 258 Å². The van der Waals surface area contributed by atoms with Crippen molar-refractivity contribution in [3.63, 3.8) is 0 Å². The number of ether oxygens (including phenoxy) is 3. The topological polar surface area (TPSA) is 78.9 Å². The lowest BCUT2D eigenvalue weighted by atomic mass is 10.0. The van der Waals surface area contributed by atoms with Gasteiger partial charge in [-0.2, -0.15) is 0 Å². The Morgan fingerprint density at radius 2 is 0.591 bits per heavy atom. The molecule has 0 saturated carbocycles. The molecule has 6 heteroatoms. The van der Waals surface area contributed by atoms with E-state index in [1.807, 2.05) is 0 Å². The van der Waals surface area contributed by atoms with E-state index < -0.39 is 6.10 Å². The molecular formula is C60H102O6. The van der Waals surface area contributed by atoms with E-state index in [2.05, 4.69) is 106 Å². The normalized spacial score (nSPS) is 12.7. The second kappa shape index (κ2) is 54.2. The van der Waals surface area contributed by atoms with Crippen molar-refractivity contribution in [3.8, 4) is 0 Å². The molecule has 0 aliphatic heterocycles. The van der Waals surface area contributed by atoms with Crippen LogP contribution in [0.2, 0.25) is 0 Å². The molecule has 66 heavy (non-hydrogen) atoms. The molecule has 0 aliphatic carbocycles. The Labute approximate surface area is 407 Å². The van der Waals surface area contributed by atoms with Gasteiger partial charge in [-0.05, 0) is 89.9 Å². The third kappa shape index (κ3) is 51.6. The highest BCUT2D eigenvalue weighted by Crippen LogP contribution is 2.16. The minimum atomic E-state index is -0.801. The van der Waals surface area contributed by atoms with Gasteiger partial charge < -0.3 is 14.2 Å². The van der Waals surface area contributed by atoms with Gasteiger partial charge in [-0.25, -0.2) is 0 Å². The van der Waals surface area contributed by atoms with Gasteiger partial charge in [0.1, 0.15) is 13.2 Å². The first-order chi connectivity index (χ1) is 32.5. The first-order valence-corrected chi connectivity index (χ1v) is 27.6. The number of hydrogen-bond donors (Lipinski definition) is 0. The summed E-state index contributed by atoms with van der Waals surface area (Å²) in [6.45, 7) is 6.38. The molecule has 0 saturated heterocycles. The van der Waals surface area contributed by atoms with Gasteiger partial charge >= 0.3 is 17.9 Å². The smallest absolute Gasteiger partial charge is 0.306 e. The molecule has 378 valence electrons. The third-order valence-electron chi connectivity index (χ3n) is 11.6. The molecule has 0 heterocycles. The van der Waals surface area contributed by atoms with Crippen LogP contribution in [0.5, 0.6) is 0 Å². The van der Waals surface area contributed by atoms with Crippen molar-refractivity contribution in [2.24, 2.45) is 0 Å². The Balaban J connectivity index is 4.43. The summed E-state index contributed by atoms with van der Waals surface area (Å²) in [6, 6.07) is 0. The van der Waals surface area contributed by atoms with Crippen LogP contribution < -0.4 is 0 Å². The van der Waals surface area contributed by atoms with Gasteiger partial charge in [-0.1, -0.05) is 234 Å². The van der Waals surface area contributed by atoms with Crippen molar-refractivity contribution >= 4 is 17.9 Å². The van der Waals surface area contributed by atoms with Crippen molar-refractivity contribution < 1.29 is 28.6 Å². The summed E-state index contributed by atoms with van der Waals surface area (Å²) in [7, 11) is 0. The van der Waals surface area contributed by atoms with E-state index in [4.69, 9.17) is 14.2 Å². The summed E-state index contributed by atoms with van der Waals surface area (Å²) in [5.41, 5.74) is 0. The Morgan fingerprint density at radius 3 is 0.939 bits per heavy atom. The predicted molar refractivity (Wildman–Crippen MR) is 284 cm³/mol. The number of carbonyl (C=O) groups is 3. The maximum atomic E-state index is 12.8. The van der Waals surface area contributed by atoms with E-state index >= 15 is 0 Å². The van der Waals surface area contributed by atoms with Crippen LogP contribution in [-0.2, 0) is 28.6 Å². The largest absolute Gasteiger partial charge is 0.462 e. The van der Waals surface area contributed by atoms with Crippen molar-refractivity contribution in [1.82, 2.24) is 0 Å². The van der Waals surface area contributed by atoms with Crippen LogP contribution in [-0.4, -0.2) is 37.2 Å². The second-order valence-corrected chi connectivity index (χ2v) is 18.1. The van der Waals surface area contributed by atoms with Crippen LogP contribution >= 0.6 is 0 Å². The maximum Gasteiger partial charge on any atom is 0.306 e. The van der Waals surface area contributed by atoms with E-state index in [0.29, 0.717) is 12.8 Å². The van der Waals surface area contributed by atoms with E-state index in [-0.39, 0.29) is 37.5 Å². The zero-order chi connectivity index (χ0) is 47.9. The third-order valence-corrected chi connectivity index (χ3v) is 11.6. The molecule has 0 fully saturated rings. The fourth-order valence-electron chi connectivity index (χ4n) is 7.57. The minimum Gasteiger partial charge on any atom is -0.462 e. The Hall–Kier alpha value is -3.41. The molecule has 0 radical (unpaired) electrons. The van der Waals surface area contributed by atoms with Crippen molar-refractivity contribution in [2.75, 3.05) is 13.2 Å². The summed E-state index contributed by atoms with van der Waals surface area (Å²) >= 11 is 0. The van der Waals surface area contributed by atoms with Crippen LogP contribution in [0.25, 0.3) is 0 Å². The Morgan fingerprint density at radius 1 is 0.318 bits per heavy atom. The monoisotopic (exact) mass is 919 g/mol. The van der Waals surface area contributed by atoms with E-state index in [9.17, 15) is 14.4 Å². The van der Waals surface area contributed by atoms with Crippen molar-refractivity contribution in [2.45, 2.75) is 264 Å². The number of hydrogen-bond acceptors (Lipinski definition) is 6. The fraction of sp³-hybridized carbons (Fsp3) is 0.717. The highest BCUT2D eigenvalue weighted by molar-refractivity contribution is 5.71. The lowest BCUT2D eigenvalue weighted by Gasteiger charge is -2.18. The van der Waals surface area contributed by atoms with Gasteiger partial charge in [-0.3, -0.25) is 14.4 Å². The van der Waals surface area contributed by atoms with Crippen LogP contribution in [0.3, 0.4) is 0 Å². The fourth-order valence-corrected chi connectivity index (χ4v) is 7.57. The molecule has 6 nitrogen and oxygen atoms in total. The SMILES string of the molecule is CC/C=C\C/C=C\C/C=C\C/C=C\CCCCCC(=O)OC(COC(=O)CCCCCC/C=C\C/C=C\C/C=C\CC)COC(=O)CCCCCCCCCCCCCCCCCCCC. The maximum absolute atomic E-state index is 12.8. The van der Waals surface area contributed by atoms with E-state index in [1.165, 1.54) is 96.3 Å². The summed E-state index contributed by atoms with van der Waals surface area (Å²) in [4.78, 5) is 38.1. The highest BCUT2D eigenvalue weighted by Gasteiger charge is 2.19. The number of rotatable bonds is 49. The molecular weight excluding hydrogens is 817 g/mol. The molecule has 0 aromatic carbocycles. The molecule has 0 aromatic rings. The molecule has 0 aromatic heterocycles. The average molecular weight is 919 g/mol. The van der Waals surface area contributed by atoms with Gasteiger partial charge in [0.05, 0.1) is 0 Å². The molecule has 0 bridgehead atoms. The van der Waals surface area contributed by atoms with E-state index in [0.717, 1.165) is 122 Å². The van der Waals surface area contributed by atoms with Gasteiger partial charge in [0.15, 0.2) is 6.10 Å². The first kappa shape index (κ1) is 62.6. The predicted octanol–water partition coefficient (Wildman–Crippen LogP) is 18.4. The lowest BCUT2D eigenvalue weighted by molar-refractivity contribution is -0.167. The van der Waals surface area contributed by atoms with E-state index in [1.54, 1.807) is 0 Å². The number of unbranched alkanes of at least 4 members (excludes halogenated alkanes) is 24. The molecule has 1 unspecified atom stereocenters. The first-order valence-electron chi connectivity index (χ1n) is 27.6. The average Bonchev–Trinajstić information content (AvgIpc) is 3.31. The number of esters is 3. The minimum absolute atomic E-state index is 0.0953. The molecule has 0 amide bonds. The van der Waals surface area contributed by atoms with Gasteiger partial charge in [0, 0.05) is 19.3 Å². The lowest BCUT2D eigenvalue weighted by Crippen LogP contribution is -2.30. The standard InChI is InChI=1S/C60H102O6/c1-4-7-10-13-16-19-22-25-28-30-31-33-35-38-41-44-47-50-53-59(62)65-56-57(55-64-58(61)52-49-46-43-40-37-34-27-24-21-18-15-12-9-6-3)66-60(63)54-51-48-45-42-39-36-32-29-26-23-20-17-14-11-8-5-2/h8-9,11-12,17-18,20-21,26-27,29,34,36,39,57H,4-7,10,13-16,19,22-25,28,30-33,35,37-38,40-56H2,1-3H3/b11-8-,12-9-,20-17-,21-18-,29-26-,34-27-,39-36-.